The Morgan fingerprint density at radius 1 is 1.24 bits per heavy atom. The Hall–Kier alpha value is -2.56. The van der Waals surface area contributed by atoms with Crippen molar-refractivity contribution in [1.29, 1.82) is 5.41 Å². The minimum absolute atomic E-state index is 0.171. The molecule has 0 saturated heterocycles. The van der Waals surface area contributed by atoms with E-state index in [-0.39, 0.29) is 12.4 Å². The van der Waals surface area contributed by atoms with E-state index >= 15 is 0 Å². The summed E-state index contributed by atoms with van der Waals surface area (Å²) in [5, 5.41) is 7.50. The summed E-state index contributed by atoms with van der Waals surface area (Å²) in [5.74, 6) is 0.119. The zero-order chi connectivity index (χ0) is 15.4. The topological polar surface area (TPSA) is 62.3 Å². The molecule has 0 heterocycles. The maximum Gasteiger partial charge on any atom is 0.123 e. The average Bonchev–Trinajstić information content (AvgIpc) is 2.46. The fourth-order valence-electron chi connectivity index (χ4n) is 1.94. The van der Waals surface area contributed by atoms with Crippen molar-refractivity contribution in [1.82, 2.24) is 0 Å². The van der Waals surface area contributed by atoms with E-state index in [4.69, 9.17) is 15.9 Å². The summed E-state index contributed by atoms with van der Waals surface area (Å²) in [6.45, 7) is 0.228. The van der Waals surface area contributed by atoms with E-state index in [0.717, 1.165) is 5.69 Å². The number of hydrogen-bond acceptors (Lipinski definition) is 3. The molecule has 2 rings (SSSR count). The van der Waals surface area contributed by atoms with Gasteiger partial charge >= 0.3 is 0 Å². The third-order valence-corrected chi connectivity index (χ3v) is 3.09. The zero-order valence-corrected chi connectivity index (χ0v) is 12.1. The van der Waals surface area contributed by atoms with Gasteiger partial charge in [0.25, 0.3) is 0 Å². The van der Waals surface area contributed by atoms with Crippen LogP contribution < -0.4 is 15.4 Å². The number of amidine groups is 1. The van der Waals surface area contributed by atoms with Crippen molar-refractivity contribution < 1.29 is 9.13 Å². The predicted octanol–water partition coefficient (Wildman–Crippen LogP) is 2.75. The first kappa shape index (κ1) is 14.8. The van der Waals surface area contributed by atoms with Gasteiger partial charge in [-0.05, 0) is 24.3 Å². The van der Waals surface area contributed by atoms with E-state index in [1.54, 1.807) is 6.07 Å². The van der Waals surface area contributed by atoms with E-state index in [1.807, 2.05) is 43.3 Å². The van der Waals surface area contributed by atoms with Gasteiger partial charge in [-0.2, -0.15) is 0 Å². The van der Waals surface area contributed by atoms with Gasteiger partial charge < -0.3 is 15.4 Å². The Bertz CT molecular complexity index is 656. The van der Waals surface area contributed by atoms with Gasteiger partial charge in [0.2, 0.25) is 0 Å². The predicted molar refractivity (Wildman–Crippen MR) is 82.5 cm³/mol. The number of hydrogen-bond donors (Lipinski definition) is 2. The van der Waals surface area contributed by atoms with Crippen LogP contribution in [0.5, 0.6) is 5.75 Å². The lowest BCUT2D eigenvalue weighted by atomic mass is 10.1. The monoisotopic (exact) mass is 287 g/mol. The Morgan fingerprint density at radius 3 is 2.67 bits per heavy atom. The van der Waals surface area contributed by atoms with Crippen molar-refractivity contribution in [2.45, 2.75) is 6.61 Å². The summed E-state index contributed by atoms with van der Waals surface area (Å²) in [6.07, 6.45) is 0. The van der Waals surface area contributed by atoms with Gasteiger partial charge in [0.15, 0.2) is 0 Å². The SMILES string of the molecule is CN(C)c1cccc(OCc2ccc(F)cc2C(=N)N)c1. The van der Waals surface area contributed by atoms with Crippen LogP contribution in [0.3, 0.4) is 0 Å². The average molecular weight is 287 g/mol. The van der Waals surface area contributed by atoms with Crippen molar-refractivity contribution in [3.05, 3.63) is 59.4 Å². The van der Waals surface area contributed by atoms with Gasteiger partial charge in [0.1, 0.15) is 24.0 Å². The molecule has 0 unspecified atom stereocenters. The molecule has 21 heavy (non-hydrogen) atoms. The van der Waals surface area contributed by atoms with Crippen molar-refractivity contribution >= 4 is 11.5 Å². The Labute approximate surface area is 123 Å². The smallest absolute Gasteiger partial charge is 0.123 e. The van der Waals surface area contributed by atoms with Crippen LogP contribution in [0.15, 0.2) is 42.5 Å². The third kappa shape index (κ3) is 3.72. The van der Waals surface area contributed by atoms with Crippen molar-refractivity contribution in [3.63, 3.8) is 0 Å². The lowest BCUT2D eigenvalue weighted by molar-refractivity contribution is 0.306. The number of rotatable bonds is 5. The first-order valence-corrected chi connectivity index (χ1v) is 6.50. The van der Waals surface area contributed by atoms with Crippen molar-refractivity contribution in [3.8, 4) is 5.75 Å². The number of ether oxygens (including phenoxy) is 1. The highest BCUT2D eigenvalue weighted by molar-refractivity contribution is 5.96. The quantitative estimate of drug-likeness (QED) is 0.656. The van der Waals surface area contributed by atoms with Gasteiger partial charge in [-0.15, -0.1) is 0 Å². The van der Waals surface area contributed by atoms with Crippen molar-refractivity contribution in [2.24, 2.45) is 5.73 Å². The number of nitrogens with two attached hydrogens (primary N) is 1. The van der Waals surface area contributed by atoms with Crippen LogP contribution in [0.1, 0.15) is 11.1 Å². The number of anilines is 1. The summed E-state index contributed by atoms with van der Waals surface area (Å²) >= 11 is 0. The van der Waals surface area contributed by atoms with Crippen LogP contribution in [0.25, 0.3) is 0 Å². The van der Waals surface area contributed by atoms with E-state index < -0.39 is 5.82 Å². The molecule has 110 valence electrons. The zero-order valence-electron chi connectivity index (χ0n) is 12.1. The highest BCUT2D eigenvalue weighted by Crippen LogP contribution is 2.21. The highest BCUT2D eigenvalue weighted by atomic mass is 19.1. The molecule has 2 aromatic carbocycles. The molecule has 0 spiro atoms. The molecule has 2 aromatic rings. The first-order valence-electron chi connectivity index (χ1n) is 6.50. The number of nitrogens with zero attached hydrogens (tertiary/aromatic N) is 1. The molecule has 0 saturated carbocycles. The minimum Gasteiger partial charge on any atom is -0.489 e. The minimum atomic E-state index is -0.418. The van der Waals surface area contributed by atoms with Gasteiger partial charge in [-0.3, -0.25) is 5.41 Å². The number of nitrogens with one attached hydrogen (secondary N) is 1. The maximum atomic E-state index is 13.2. The summed E-state index contributed by atoms with van der Waals surface area (Å²) < 4.78 is 18.9. The molecule has 0 aliphatic carbocycles. The lowest BCUT2D eigenvalue weighted by Crippen LogP contribution is -2.15. The van der Waals surface area contributed by atoms with Gasteiger partial charge in [0.05, 0.1) is 0 Å². The molecular formula is C16H18FN3O. The molecule has 5 heteroatoms. The maximum absolute atomic E-state index is 13.2. The number of nitrogen functional groups attached to an aromatic ring is 1. The first-order chi connectivity index (χ1) is 9.97. The summed E-state index contributed by atoms with van der Waals surface area (Å²) in [5.41, 5.74) is 7.54. The number of benzene rings is 2. The normalized spacial score (nSPS) is 10.2. The summed E-state index contributed by atoms with van der Waals surface area (Å²) in [4.78, 5) is 1.98. The highest BCUT2D eigenvalue weighted by Gasteiger charge is 2.08. The second kappa shape index (κ2) is 6.26. The molecule has 0 aliphatic heterocycles. The molecule has 4 nitrogen and oxygen atoms in total. The second-order valence-electron chi connectivity index (χ2n) is 4.90. The van der Waals surface area contributed by atoms with Crippen LogP contribution in [0.2, 0.25) is 0 Å². The lowest BCUT2D eigenvalue weighted by Gasteiger charge is -2.15. The second-order valence-corrected chi connectivity index (χ2v) is 4.90. The molecule has 0 fully saturated rings. The molecule has 0 amide bonds. The fraction of sp³-hybridized carbons (Fsp3) is 0.188. The molecule has 3 N–H and O–H groups in total. The standard InChI is InChI=1S/C16H18FN3O/c1-20(2)13-4-3-5-14(9-13)21-10-11-6-7-12(17)8-15(11)16(18)19/h3-9H,10H2,1-2H3,(H3,18,19). The van der Waals surface area contributed by atoms with Crippen LogP contribution in [-0.2, 0) is 6.61 Å². The van der Waals surface area contributed by atoms with Gasteiger partial charge in [0, 0.05) is 37.0 Å². The van der Waals surface area contributed by atoms with Crippen LogP contribution in [0, 0.1) is 11.2 Å². The Morgan fingerprint density at radius 2 is 2.00 bits per heavy atom. The van der Waals surface area contributed by atoms with E-state index in [2.05, 4.69) is 0 Å². The van der Waals surface area contributed by atoms with E-state index in [1.165, 1.54) is 12.1 Å². The Balaban J connectivity index is 2.17. The largest absolute Gasteiger partial charge is 0.489 e. The van der Waals surface area contributed by atoms with Crippen molar-refractivity contribution in [2.75, 3.05) is 19.0 Å². The summed E-state index contributed by atoms with van der Waals surface area (Å²) in [7, 11) is 3.90. The molecule has 0 bridgehead atoms. The van der Waals surface area contributed by atoms with Crippen LogP contribution in [0.4, 0.5) is 10.1 Å². The molecule has 0 aromatic heterocycles. The molecule has 0 radical (unpaired) electrons. The van der Waals surface area contributed by atoms with E-state index in [0.29, 0.717) is 16.9 Å². The molecule has 0 aliphatic rings. The van der Waals surface area contributed by atoms with Gasteiger partial charge in [-0.1, -0.05) is 12.1 Å². The molecule has 0 atom stereocenters. The number of halogens is 1. The fourth-order valence-corrected chi connectivity index (χ4v) is 1.94. The van der Waals surface area contributed by atoms with Gasteiger partial charge in [-0.25, -0.2) is 4.39 Å². The molecular weight excluding hydrogens is 269 g/mol. The third-order valence-electron chi connectivity index (χ3n) is 3.09. The van der Waals surface area contributed by atoms with Crippen LogP contribution in [-0.4, -0.2) is 19.9 Å². The van der Waals surface area contributed by atoms with Crippen LogP contribution >= 0.6 is 0 Å². The van der Waals surface area contributed by atoms with E-state index in [9.17, 15) is 4.39 Å². The summed E-state index contributed by atoms with van der Waals surface area (Å²) in [6, 6.07) is 11.8. The Kier molecular flexibility index (Phi) is 4.42.